The zero-order valence-corrected chi connectivity index (χ0v) is 19.0. The summed E-state index contributed by atoms with van der Waals surface area (Å²) in [6, 6.07) is 17.6. The number of carbonyl (C=O) groups is 3. The number of halogens is 1. The molecule has 3 aromatic rings. The second kappa shape index (κ2) is 9.29. The van der Waals surface area contributed by atoms with Crippen LogP contribution in [0, 0.1) is 6.92 Å². The number of anilines is 3. The third kappa shape index (κ3) is 4.44. The van der Waals surface area contributed by atoms with Crippen LogP contribution in [0.1, 0.15) is 15.9 Å². The number of nitrogens with one attached hydrogen (secondary N) is 2. The van der Waals surface area contributed by atoms with E-state index in [1.807, 2.05) is 6.92 Å². The summed E-state index contributed by atoms with van der Waals surface area (Å²) in [5, 5.41) is 14.8. The highest BCUT2D eigenvalue weighted by Crippen LogP contribution is 2.36. The fourth-order valence-electron chi connectivity index (χ4n) is 3.47. The summed E-state index contributed by atoms with van der Waals surface area (Å²) < 4.78 is 5.31. The Hall–Kier alpha value is -4.30. The number of rotatable bonds is 6. The van der Waals surface area contributed by atoms with Gasteiger partial charge >= 0.3 is 0 Å². The fraction of sp³-hybridized carbons (Fsp3) is 0.0800. The number of benzene rings is 3. The van der Waals surface area contributed by atoms with Gasteiger partial charge in [-0.05, 0) is 55.0 Å². The molecule has 0 fully saturated rings. The lowest BCUT2D eigenvalue weighted by Gasteiger charge is -2.18. The van der Waals surface area contributed by atoms with Gasteiger partial charge in [-0.2, -0.15) is 0 Å². The molecule has 9 heteroatoms. The van der Waals surface area contributed by atoms with Crippen molar-refractivity contribution in [1.29, 1.82) is 0 Å². The van der Waals surface area contributed by atoms with Crippen molar-refractivity contribution in [1.82, 2.24) is 0 Å². The van der Waals surface area contributed by atoms with Crippen LogP contribution >= 0.6 is 11.6 Å². The van der Waals surface area contributed by atoms with Crippen LogP contribution in [0.4, 0.5) is 17.1 Å². The van der Waals surface area contributed by atoms with E-state index in [9.17, 15) is 19.5 Å². The number of imide groups is 1. The Labute approximate surface area is 200 Å². The molecule has 1 aliphatic heterocycles. The summed E-state index contributed by atoms with van der Waals surface area (Å²) in [7, 11) is 1.45. The van der Waals surface area contributed by atoms with Gasteiger partial charge in [0.2, 0.25) is 0 Å². The Kier molecular flexibility index (Phi) is 6.25. The highest BCUT2D eigenvalue weighted by atomic mass is 35.5. The standard InChI is InChI=1S/C25H20ClN3O5/c1-14-9-10-20(34-2)19(11-14)29-24(32)21(26)22(25(29)33)27-16-6-3-5-15(12-16)23(31)28-17-7-4-8-18(30)13-17/h3-13,27,30H,1-2H3,(H,28,31). The van der Waals surface area contributed by atoms with Crippen molar-refractivity contribution in [2.45, 2.75) is 6.92 Å². The van der Waals surface area contributed by atoms with Gasteiger partial charge in [0.25, 0.3) is 17.7 Å². The van der Waals surface area contributed by atoms with Crippen LogP contribution in [0.25, 0.3) is 0 Å². The maximum Gasteiger partial charge on any atom is 0.283 e. The number of hydrogen-bond donors (Lipinski definition) is 3. The third-order valence-electron chi connectivity index (χ3n) is 5.10. The van der Waals surface area contributed by atoms with E-state index in [0.717, 1.165) is 10.5 Å². The predicted octanol–water partition coefficient (Wildman–Crippen LogP) is 4.40. The molecule has 4 rings (SSSR count). The van der Waals surface area contributed by atoms with Crippen molar-refractivity contribution in [3.63, 3.8) is 0 Å². The third-order valence-corrected chi connectivity index (χ3v) is 5.45. The van der Waals surface area contributed by atoms with Crippen LogP contribution in [-0.4, -0.2) is 29.9 Å². The average Bonchev–Trinajstić information content (AvgIpc) is 3.02. The van der Waals surface area contributed by atoms with E-state index < -0.39 is 17.7 Å². The second-order valence-corrected chi connectivity index (χ2v) is 7.90. The summed E-state index contributed by atoms with van der Waals surface area (Å²) in [5.74, 6) is -1.38. The Balaban J connectivity index is 1.57. The lowest BCUT2D eigenvalue weighted by atomic mass is 10.1. The predicted molar refractivity (Wildman–Crippen MR) is 129 cm³/mol. The molecule has 0 aromatic heterocycles. The number of methoxy groups -OCH3 is 1. The maximum atomic E-state index is 13.1. The normalized spacial score (nSPS) is 13.3. The highest BCUT2D eigenvalue weighted by molar-refractivity contribution is 6.53. The smallest absolute Gasteiger partial charge is 0.283 e. The van der Waals surface area contributed by atoms with Gasteiger partial charge in [-0.3, -0.25) is 14.4 Å². The van der Waals surface area contributed by atoms with Crippen LogP contribution in [0.15, 0.2) is 77.5 Å². The SMILES string of the molecule is COc1ccc(C)cc1N1C(=O)C(Cl)=C(Nc2cccc(C(=O)Nc3cccc(O)c3)c2)C1=O. The van der Waals surface area contributed by atoms with Crippen molar-refractivity contribution in [2.24, 2.45) is 0 Å². The van der Waals surface area contributed by atoms with Gasteiger partial charge in [0.05, 0.1) is 12.8 Å². The number of nitrogens with zero attached hydrogens (tertiary/aromatic N) is 1. The van der Waals surface area contributed by atoms with E-state index in [0.29, 0.717) is 22.7 Å². The molecule has 34 heavy (non-hydrogen) atoms. The quantitative estimate of drug-likeness (QED) is 0.454. The van der Waals surface area contributed by atoms with Crippen LogP contribution in [0.3, 0.4) is 0 Å². The molecule has 3 aromatic carbocycles. The van der Waals surface area contributed by atoms with Crippen LogP contribution < -0.4 is 20.3 Å². The number of carbonyl (C=O) groups excluding carboxylic acids is 3. The fourth-order valence-corrected chi connectivity index (χ4v) is 3.69. The van der Waals surface area contributed by atoms with E-state index in [1.165, 1.54) is 25.3 Å². The minimum Gasteiger partial charge on any atom is -0.508 e. The van der Waals surface area contributed by atoms with Gasteiger partial charge < -0.3 is 20.5 Å². The number of amides is 3. The summed E-state index contributed by atoms with van der Waals surface area (Å²) in [6.45, 7) is 1.83. The highest BCUT2D eigenvalue weighted by Gasteiger charge is 2.40. The van der Waals surface area contributed by atoms with Gasteiger partial charge in [0.15, 0.2) is 0 Å². The van der Waals surface area contributed by atoms with Gasteiger partial charge in [0.1, 0.15) is 22.2 Å². The minimum absolute atomic E-state index is 0.0222. The van der Waals surface area contributed by atoms with E-state index in [-0.39, 0.29) is 22.2 Å². The zero-order chi connectivity index (χ0) is 24.4. The molecule has 3 N–H and O–H groups in total. The lowest BCUT2D eigenvalue weighted by Crippen LogP contribution is -2.32. The first-order valence-corrected chi connectivity index (χ1v) is 10.6. The topological polar surface area (TPSA) is 108 Å². The molecule has 0 unspecified atom stereocenters. The maximum absolute atomic E-state index is 13.1. The molecule has 8 nitrogen and oxygen atoms in total. The van der Waals surface area contributed by atoms with Gasteiger partial charge in [-0.1, -0.05) is 29.8 Å². The van der Waals surface area contributed by atoms with E-state index in [1.54, 1.807) is 48.5 Å². The number of phenolic OH excluding ortho intramolecular Hbond substituents is 1. The average molecular weight is 478 g/mol. The van der Waals surface area contributed by atoms with Crippen molar-refractivity contribution in [3.05, 3.63) is 88.6 Å². The molecule has 0 atom stereocenters. The second-order valence-electron chi connectivity index (χ2n) is 7.52. The summed E-state index contributed by atoms with van der Waals surface area (Å²) in [4.78, 5) is 39.6. The molecular weight excluding hydrogens is 458 g/mol. The number of aryl methyl sites for hydroxylation is 1. The molecule has 0 bridgehead atoms. The summed E-state index contributed by atoms with van der Waals surface area (Å²) >= 11 is 6.24. The van der Waals surface area contributed by atoms with E-state index >= 15 is 0 Å². The molecule has 0 saturated carbocycles. The molecule has 0 saturated heterocycles. The first-order chi connectivity index (χ1) is 16.3. The molecule has 172 valence electrons. The van der Waals surface area contributed by atoms with Gasteiger partial charge in [-0.25, -0.2) is 4.90 Å². The monoisotopic (exact) mass is 477 g/mol. The Bertz CT molecular complexity index is 1350. The first-order valence-electron chi connectivity index (χ1n) is 10.2. The molecule has 0 radical (unpaired) electrons. The number of hydrogen-bond acceptors (Lipinski definition) is 6. The molecular formula is C25H20ClN3O5. The number of aromatic hydroxyl groups is 1. The van der Waals surface area contributed by atoms with E-state index in [2.05, 4.69) is 10.6 Å². The van der Waals surface area contributed by atoms with Gasteiger partial charge in [0, 0.05) is 23.0 Å². The lowest BCUT2D eigenvalue weighted by molar-refractivity contribution is -0.120. The van der Waals surface area contributed by atoms with Gasteiger partial charge in [-0.15, -0.1) is 0 Å². The molecule has 0 aliphatic carbocycles. The molecule has 1 aliphatic rings. The molecule has 1 heterocycles. The minimum atomic E-state index is -0.684. The van der Waals surface area contributed by atoms with Crippen LogP contribution in [-0.2, 0) is 9.59 Å². The van der Waals surface area contributed by atoms with Crippen molar-refractivity contribution in [3.8, 4) is 11.5 Å². The summed E-state index contributed by atoms with van der Waals surface area (Å²) in [6.07, 6.45) is 0. The summed E-state index contributed by atoms with van der Waals surface area (Å²) in [5.41, 5.74) is 2.11. The zero-order valence-electron chi connectivity index (χ0n) is 18.3. The van der Waals surface area contributed by atoms with E-state index in [4.69, 9.17) is 16.3 Å². The van der Waals surface area contributed by atoms with Crippen molar-refractivity contribution >= 4 is 46.4 Å². The van der Waals surface area contributed by atoms with Crippen LogP contribution in [0.2, 0.25) is 0 Å². The Morgan fingerprint density at radius 1 is 0.971 bits per heavy atom. The van der Waals surface area contributed by atoms with Crippen LogP contribution in [0.5, 0.6) is 11.5 Å². The molecule has 0 spiro atoms. The largest absolute Gasteiger partial charge is 0.508 e. The first kappa shape index (κ1) is 22.9. The Morgan fingerprint density at radius 3 is 2.44 bits per heavy atom. The molecule has 3 amide bonds. The number of phenols is 1. The number of ether oxygens (including phenoxy) is 1. The van der Waals surface area contributed by atoms with Crippen molar-refractivity contribution in [2.75, 3.05) is 22.6 Å². The van der Waals surface area contributed by atoms with Crippen molar-refractivity contribution < 1.29 is 24.2 Å². The Morgan fingerprint density at radius 2 is 1.71 bits per heavy atom.